The molecular formula is C25H28N2S. The van der Waals surface area contributed by atoms with Gasteiger partial charge in [-0.2, -0.15) is 0 Å². The number of allylic oxidation sites excluding steroid dienone is 2. The summed E-state index contributed by atoms with van der Waals surface area (Å²) in [7, 11) is 0. The van der Waals surface area contributed by atoms with Gasteiger partial charge in [0.25, 0.3) is 0 Å². The molecule has 3 aromatic rings. The molecule has 1 aromatic heterocycles. The SMILES string of the molecule is CCc1ccc(-c2csc(=Nc3ccccc3)n2CCC2=CCCCC2)cc1. The summed E-state index contributed by atoms with van der Waals surface area (Å²) in [5, 5.41) is 2.26. The van der Waals surface area contributed by atoms with Gasteiger partial charge in [0.15, 0.2) is 4.80 Å². The smallest absolute Gasteiger partial charge is 0.190 e. The number of nitrogens with zero attached hydrogens (tertiary/aromatic N) is 2. The standard InChI is InChI=1S/C25H28N2S/c1-2-20-13-15-22(16-14-20)24-19-28-25(26-23-11-7-4-8-12-23)27(24)18-17-21-9-5-3-6-10-21/h4,7-9,11-16,19H,2-3,5-6,10,17-18H2,1H3. The molecule has 1 aliphatic carbocycles. The molecule has 3 heteroatoms. The van der Waals surface area contributed by atoms with E-state index in [1.165, 1.54) is 42.5 Å². The van der Waals surface area contributed by atoms with Crippen LogP contribution in [0.3, 0.4) is 0 Å². The quantitative estimate of drug-likeness (QED) is 0.409. The van der Waals surface area contributed by atoms with Crippen molar-refractivity contribution >= 4 is 17.0 Å². The molecule has 0 radical (unpaired) electrons. The first-order valence-electron chi connectivity index (χ1n) is 10.4. The zero-order valence-corrected chi connectivity index (χ0v) is 17.4. The van der Waals surface area contributed by atoms with E-state index in [0.717, 1.165) is 29.9 Å². The predicted molar refractivity (Wildman–Crippen MR) is 120 cm³/mol. The fourth-order valence-corrected chi connectivity index (χ4v) is 4.73. The van der Waals surface area contributed by atoms with Crippen molar-refractivity contribution in [1.29, 1.82) is 0 Å². The molecule has 1 heterocycles. The average Bonchev–Trinajstić information content (AvgIpc) is 3.16. The second-order valence-corrected chi connectivity index (χ2v) is 8.25. The van der Waals surface area contributed by atoms with Crippen LogP contribution in [0.4, 0.5) is 5.69 Å². The van der Waals surface area contributed by atoms with Crippen molar-refractivity contribution in [3.63, 3.8) is 0 Å². The molecule has 0 fully saturated rings. The van der Waals surface area contributed by atoms with E-state index in [1.807, 2.05) is 18.2 Å². The molecule has 0 bridgehead atoms. The van der Waals surface area contributed by atoms with Crippen LogP contribution in [0.5, 0.6) is 0 Å². The molecule has 0 aliphatic heterocycles. The second-order valence-electron chi connectivity index (χ2n) is 7.41. The molecule has 0 unspecified atom stereocenters. The van der Waals surface area contributed by atoms with Crippen LogP contribution in [-0.2, 0) is 13.0 Å². The minimum Gasteiger partial charge on any atom is -0.316 e. The third-order valence-electron chi connectivity index (χ3n) is 5.48. The van der Waals surface area contributed by atoms with E-state index in [-0.39, 0.29) is 0 Å². The van der Waals surface area contributed by atoms with Crippen LogP contribution in [0.2, 0.25) is 0 Å². The molecular weight excluding hydrogens is 360 g/mol. The number of benzene rings is 2. The van der Waals surface area contributed by atoms with E-state index in [9.17, 15) is 0 Å². The monoisotopic (exact) mass is 388 g/mol. The molecule has 0 saturated heterocycles. The molecule has 0 saturated carbocycles. The van der Waals surface area contributed by atoms with Crippen LogP contribution < -0.4 is 4.80 Å². The molecule has 1 aliphatic rings. The summed E-state index contributed by atoms with van der Waals surface area (Å²) in [4.78, 5) is 6.03. The third kappa shape index (κ3) is 4.53. The van der Waals surface area contributed by atoms with Crippen molar-refractivity contribution in [2.75, 3.05) is 0 Å². The van der Waals surface area contributed by atoms with Crippen LogP contribution >= 0.6 is 11.3 Å². The first-order chi connectivity index (χ1) is 13.8. The van der Waals surface area contributed by atoms with Gasteiger partial charge >= 0.3 is 0 Å². The second kappa shape index (κ2) is 9.20. The van der Waals surface area contributed by atoms with Crippen molar-refractivity contribution in [3.05, 3.63) is 82.0 Å². The Morgan fingerprint density at radius 1 is 1.00 bits per heavy atom. The van der Waals surface area contributed by atoms with E-state index in [0.29, 0.717) is 0 Å². The largest absolute Gasteiger partial charge is 0.316 e. The first kappa shape index (κ1) is 18.9. The summed E-state index contributed by atoms with van der Waals surface area (Å²) < 4.78 is 2.41. The van der Waals surface area contributed by atoms with E-state index in [2.05, 4.69) is 59.3 Å². The van der Waals surface area contributed by atoms with Gasteiger partial charge in [0.2, 0.25) is 0 Å². The summed E-state index contributed by atoms with van der Waals surface area (Å²) in [5.74, 6) is 0. The summed E-state index contributed by atoms with van der Waals surface area (Å²) in [6.45, 7) is 3.19. The number of aromatic nitrogens is 1. The Hall–Kier alpha value is -2.39. The number of thiazole rings is 1. The Morgan fingerprint density at radius 2 is 1.82 bits per heavy atom. The number of hydrogen-bond donors (Lipinski definition) is 0. The maximum absolute atomic E-state index is 4.95. The molecule has 0 atom stereocenters. The third-order valence-corrected chi connectivity index (χ3v) is 6.34. The molecule has 0 amide bonds. The Morgan fingerprint density at radius 3 is 2.54 bits per heavy atom. The summed E-state index contributed by atoms with van der Waals surface area (Å²) >= 11 is 1.74. The van der Waals surface area contributed by atoms with Crippen molar-refractivity contribution in [1.82, 2.24) is 4.57 Å². The number of para-hydroxylation sites is 1. The van der Waals surface area contributed by atoms with Gasteiger partial charge < -0.3 is 4.57 Å². The van der Waals surface area contributed by atoms with Crippen LogP contribution in [0.15, 0.2) is 76.6 Å². The van der Waals surface area contributed by atoms with Crippen LogP contribution in [0.25, 0.3) is 11.3 Å². The minimum atomic E-state index is 0.992. The van der Waals surface area contributed by atoms with Crippen molar-refractivity contribution in [2.24, 2.45) is 4.99 Å². The predicted octanol–water partition coefficient (Wildman–Crippen LogP) is 6.90. The molecule has 2 nitrogen and oxygen atoms in total. The molecule has 0 spiro atoms. The van der Waals surface area contributed by atoms with Crippen molar-refractivity contribution in [2.45, 2.75) is 52.0 Å². The highest BCUT2D eigenvalue weighted by Crippen LogP contribution is 2.25. The van der Waals surface area contributed by atoms with E-state index >= 15 is 0 Å². The molecule has 2 aromatic carbocycles. The minimum absolute atomic E-state index is 0.992. The van der Waals surface area contributed by atoms with Crippen molar-refractivity contribution < 1.29 is 0 Å². The zero-order chi connectivity index (χ0) is 19.2. The number of rotatable bonds is 6. The maximum Gasteiger partial charge on any atom is 0.190 e. The highest BCUT2D eigenvalue weighted by atomic mass is 32.1. The van der Waals surface area contributed by atoms with Gasteiger partial charge in [0.1, 0.15) is 0 Å². The lowest BCUT2D eigenvalue weighted by molar-refractivity contribution is 0.621. The van der Waals surface area contributed by atoms with Gasteiger partial charge in [-0.3, -0.25) is 0 Å². The van der Waals surface area contributed by atoms with E-state index < -0.39 is 0 Å². The zero-order valence-electron chi connectivity index (χ0n) is 16.6. The van der Waals surface area contributed by atoms with Gasteiger partial charge in [-0.25, -0.2) is 4.99 Å². The lowest BCUT2D eigenvalue weighted by Crippen LogP contribution is -2.16. The Labute approximate surface area is 171 Å². The van der Waals surface area contributed by atoms with Crippen LogP contribution in [0, 0.1) is 0 Å². The number of hydrogen-bond acceptors (Lipinski definition) is 2. The van der Waals surface area contributed by atoms with Crippen LogP contribution in [-0.4, -0.2) is 4.57 Å². The highest BCUT2D eigenvalue weighted by molar-refractivity contribution is 7.07. The average molecular weight is 389 g/mol. The Bertz CT molecular complexity index is 991. The highest BCUT2D eigenvalue weighted by Gasteiger charge is 2.10. The molecule has 144 valence electrons. The molecule has 4 rings (SSSR count). The normalized spacial score (nSPS) is 14.9. The molecule has 28 heavy (non-hydrogen) atoms. The van der Waals surface area contributed by atoms with E-state index in [4.69, 9.17) is 4.99 Å². The van der Waals surface area contributed by atoms with Crippen LogP contribution in [0.1, 0.15) is 44.6 Å². The number of aryl methyl sites for hydroxylation is 1. The van der Waals surface area contributed by atoms with Gasteiger partial charge in [-0.1, -0.05) is 61.0 Å². The first-order valence-corrected chi connectivity index (χ1v) is 11.3. The Balaban J connectivity index is 1.70. The van der Waals surface area contributed by atoms with Gasteiger partial charge in [0, 0.05) is 11.9 Å². The lowest BCUT2D eigenvalue weighted by Gasteiger charge is -2.15. The van der Waals surface area contributed by atoms with Crippen molar-refractivity contribution in [3.8, 4) is 11.3 Å². The van der Waals surface area contributed by atoms with Gasteiger partial charge in [-0.05, 0) is 61.8 Å². The fraction of sp³-hybridized carbons (Fsp3) is 0.320. The maximum atomic E-state index is 4.95. The molecule has 0 N–H and O–H groups in total. The Kier molecular flexibility index (Phi) is 6.23. The summed E-state index contributed by atoms with van der Waals surface area (Å²) in [6, 6.07) is 19.3. The van der Waals surface area contributed by atoms with Gasteiger partial charge in [-0.15, -0.1) is 11.3 Å². The van der Waals surface area contributed by atoms with Gasteiger partial charge in [0.05, 0.1) is 11.4 Å². The lowest BCUT2D eigenvalue weighted by atomic mass is 9.97. The van der Waals surface area contributed by atoms with E-state index in [1.54, 1.807) is 16.9 Å². The topological polar surface area (TPSA) is 17.3 Å². The summed E-state index contributed by atoms with van der Waals surface area (Å²) in [6.07, 6.45) is 9.85. The fourth-order valence-electron chi connectivity index (χ4n) is 3.78. The summed E-state index contributed by atoms with van der Waals surface area (Å²) in [5.41, 5.74) is 6.57.